The van der Waals surface area contributed by atoms with Crippen LogP contribution in [0.1, 0.15) is 17.0 Å². The average molecular weight is 486 g/mol. The molecule has 0 aliphatic carbocycles. The molecule has 3 aromatic rings. The Morgan fingerprint density at radius 3 is 2.52 bits per heavy atom. The molecule has 1 aliphatic rings. The lowest BCUT2D eigenvalue weighted by Gasteiger charge is -2.37. The molecule has 2 unspecified atom stereocenters. The third-order valence-electron chi connectivity index (χ3n) is 4.82. The number of nitrogens with zero attached hydrogens (tertiary/aromatic N) is 2. The van der Waals surface area contributed by atoms with Gasteiger partial charge in [0.05, 0.1) is 35.2 Å². The Labute approximate surface area is 173 Å². The van der Waals surface area contributed by atoms with Crippen LogP contribution in [0.3, 0.4) is 0 Å². The van der Waals surface area contributed by atoms with Crippen molar-refractivity contribution in [3.8, 4) is 17.6 Å². The van der Waals surface area contributed by atoms with E-state index in [4.69, 9.17) is 9.47 Å². The van der Waals surface area contributed by atoms with Crippen molar-refractivity contribution < 1.29 is 9.47 Å². The number of alkyl halides is 1. The second-order valence-electron chi connectivity index (χ2n) is 6.23. The molecule has 3 aromatic carbocycles. The van der Waals surface area contributed by atoms with Gasteiger partial charge in [0, 0.05) is 10.9 Å². The van der Waals surface area contributed by atoms with Crippen molar-refractivity contribution in [2.45, 2.75) is 10.2 Å². The van der Waals surface area contributed by atoms with Gasteiger partial charge < -0.3 is 9.47 Å². The van der Waals surface area contributed by atoms with Crippen LogP contribution in [-0.2, 0) is 0 Å². The van der Waals surface area contributed by atoms with Crippen molar-refractivity contribution in [3.63, 3.8) is 0 Å². The first-order valence-corrected chi connectivity index (χ1v) is 9.75. The Morgan fingerprint density at radius 1 is 1.11 bits per heavy atom. The van der Waals surface area contributed by atoms with Crippen LogP contribution in [0.25, 0.3) is 10.8 Å². The van der Waals surface area contributed by atoms with Crippen LogP contribution in [-0.4, -0.2) is 17.3 Å². The van der Waals surface area contributed by atoms with Gasteiger partial charge in [-0.1, -0.05) is 64.5 Å². The largest absolute Gasteiger partial charge is 0.497 e. The zero-order valence-electron chi connectivity index (χ0n) is 14.3. The highest BCUT2D eigenvalue weighted by Crippen LogP contribution is 2.51. The molecule has 0 saturated carbocycles. The summed E-state index contributed by atoms with van der Waals surface area (Å²) in [6.07, 6.45) is 0. The van der Waals surface area contributed by atoms with Crippen molar-refractivity contribution in [2.75, 3.05) is 7.11 Å². The van der Waals surface area contributed by atoms with Gasteiger partial charge in [0.15, 0.2) is 4.32 Å². The Morgan fingerprint density at radius 2 is 1.85 bits per heavy atom. The normalized spacial score (nSPS) is 22.7. The number of benzene rings is 3. The van der Waals surface area contributed by atoms with Crippen LogP contribution in [0.4, 0.5) is 0 Å². The summed E-state index contributed by atoms with van der Waals surface area (Å²) in [5.41, 5.74) is 1.89. The van der Waals surface area contributed by atoms with E-state index in [9.17, 15) is 5.26 Å². The number of fused-ring (bicyclic) bond motifs is 3. The van der Waals surface area contributed by atoms with Gasteiger partial charge in [-0.25, -0.2) is 0 Å². The Kier molecular flexibility index (Phi) is 4.67. The van der Waals surface area contributed by atoms with Gasteiger partial charge in [-0.05, 0) is 23.1 Å². The van der Waals surface area contributed by atoms with Crippen molar-refractivity contribution in [2.24, 2.45) is 4.02 Å². The molecule has 0 aromatic heterocycles. The summed E-state index contributed by atoms with van der Waals surface area (Å²) in [5.74, 6) is 1.45. The highest BCUT2D eigenvalue weighted by Gasteiger charge is 2.50. The van der Waals surface area contributed by atoms with Crippen LogP contribution in [0.2, 0.25) is 0 Å². The number of methoxy groups -OCH3 is 1. The van der Waals surface area contributed by atoms with Gasteiger partial charge in [-0.3, -0.25) is 0 Å². The minimum absolute atomic E-state index is 0.273. The number of ether oxygens (including phenoxy) is 2. The van der Waals surface area contributed by atoms with Gasteiger partial charge in [0.2, 0.25) is 5.90 Å². The molecular weight excluding hydrogens is 472 g/mol. The van der Waals surface area contributed by atoms with Crippen LogP contribution >= 0.6 is 32.1 Å². The molecule has 27 heavy (non-hydrogen) atoms. The topological polar surface area (TPSA) is 54.6 Å². The van der Waals surface area contributed by atoms with Crippen molar-refractivity contribution in [3.05, 3.63) is 71.8 Å². The first kappa shape index (κ1) is 18.0. The zero-order chi connectivity index (χ0) is 19.0. The number of halogens is 2. The van der Waals surface area contributed by atoms with E-state index in [0.29, 0.717) is 0 Å². The molecule has 6 heteroatoms. The number of hydrogen-bond donors (Lipinski definition) is 0. The second-order valence-corrected chi connectivity index (χ2v) is 7.83. The monoisotopic (exact) mass is 484 g/mol. The average Bonchev–Trinajstić information content (AvgIpc) is 2.73. The van der Waals surface area contributed by atoms with Crippen molar-refractivity contribution in [1.29, 1.82) is 5.26 Å². The molecule has 2 atom stereocenters. The summed E-state index contributed by atoms with van der Waals surface area (Å²) >= 11 is 6.74. The Hall–Kier alpha value is -2.36. The van der Waals surface area contributed by atoms with Gasteiger partial charge in [0.1, 0.15) is 11.5 Å². The third kappa shape index (κ3) is 2.82. The summed E-state index contributed by atoms with van der Waals surface area (Å²) in [5, 5.41) is 12.1. The highest BCUT2D eigenvalue weighted by atomic mass is 79.9. The molecule has 1 heterocycles. The van der Waals surface area contributed by atoms with E-state index in [0.717, 1.165) is 33.4 Å². The summed E-state index contributed by atoms with van der Waals surface area (Å²) in [6, 6.07) is 22.1. The predicted molar refractivity (Wildman–Crippen MR) is 113 cm³/mol. The fourth-order valence-electron chi connectivity index (χ4n) is 3.51. The Balaban J connectivity index is 2.01. The first-order valence-electron chi connectivity index (χ1n) is 8.25. The molecule has 4 nitrogen and oxygen atoms in total. The maximum absolute atomic E-state index is 10.0. The zero-order valence-corrected chi connectivity index (χ0v) is 17.5. The molecule has 0 amide bonds. The molecule has 0 saturated heterocycles. The van der Waals surface area contributed by atoms with E-state index in [1.165, 1.54) is 0 Å². The maximum Gasteiger partial charge on any atom is 0.233 e. The molecule has 0 spiro atoms. The third-order valence-corrected chi connectivity index (χ3v) is 6.11. The van der Waals surface area contributed by atoms with Crippen LogP contribution in [0, 0.1) is 11.3 Å². The lowest BCUT2D eigenvalue weighted by molar-refractivity contribution is 0.414. The van der Waals surface area contributed by atoms with Gasteiger partial charge in [-0.2, -0.15) is 9.28 Å². The van der Waals surface area contributed by atoms with E-state index >= 15 is 0 Å². The SMILES string of the molecule is COc1ccc(C2c3ccc4ccccc4c3OC(=NBr)C2(Br)C#N)cc1. The van der Waals surface area contributed by atoms with Gasteiger partial charge in [-0.15, -0.1) is 0 Å². The molecule has 0 N–H and O–H groups in total. The molecule has 134 valence electrons. The molecule has 4 rings (SSSR count). The van der Waals surface area contributed by atoms with Crippen molar-refractivity contribution in [1.82, 2.24) is 0 Å². The van der Waals surface area contributed by atoms with E-state index in [1.807, 2.05) is 54.6 Å². The number of rotatable bonds is 2. The number of nitriles is 1. The van der Waals surface area contributed by atoms with Crippen LogP contribution < -0.4 is 9.47 Å². The minimum atomic E-state index is -1.14. The quantitative estimate of drug-likeness (QED) is 0.435. The lowest BCUT2D eigenvalue weighted by Crippen LogP contribution is -2.44. The summed E-state index contributed by atoms with van der Waals surface area (Å²) in [4.78, 5) is 0. The highest BCUT2D eigenvalue weighted by molar-refractivity contribution is 9.10. The summed E-state index contributed by atoms with van der Waals surface area (Å²) in [7, 11) is 1.63. The molecule has 0 fully saturated rings. The first-order chi connectivity index (χ1) is 13.1. The summed E-state index contributed by atoms with van der Waals surface area (Å²) < 4.78 is 14.3. The smallest absolute Gasteiger partial charge is 0.233 e. The van der Waals surface area contributed by atoms with E-state index < -0.39 is 4.32 Å². The maximum atomic E-state index is 10.0. The predicted octanol–water partition coefficient (Wildman–Crippen LogP) is 5.74. The second kappa shape index (κ2) is 6.99. The molecular formula is C21H14Br2N2O2. The standard InChI is InChI=1S/C21H14Br2N2O2/c1-26-15-9-6-14(7-10-15)18-17-11-8-13-4-2-3-5-16(13)19(17)27-20(25-23)21(18,22)12-24/h2-11,18H,1H3. The van der Waals surface area contributed by atoms with Crippen molar-refractivity contribution >= 4 is 48.7 Å². The van der Waals surface area contributed by atoms with Gasteiger partial charge in [0.25, 0.3) is 0 Å². The molecule has 0 bridgehead atoms. The number of hydrogen-bond acceptors (Lipinski definition) is 4. The Bertz CT molecular complexity index is 1090. The molecule has 0 radical (unpaired) electrons. The minimum Gasteiger partial charge on any atom is -0.497 e. The van der Waals surface area contributed by atoms with E-state index in [-0.39, 0.29) is 11.8 Å². The van der Waals surface area contributed by atoms with E-state index in [1.54, 1.807) is 7.11 Å². The van der Waals surface area contributed by atoms with Crippen LogP contribution in [0.15, 0.2) is 64.7 Å². The summed E-state index contributed by atoms with van der Waals surface area (Å²) in [6.45, 7) is 0. The fourth-order valence-corrected chi connectivity index (χ4v) is 4.78. The van der Waals surface area contributed by atoms with Gasteiger partial charge >= 0.3 is 0 Å². The molecule has 1 aliphatic heterocycles. The van der Waals surface area contributed by atoms with Crippen LogP contribution in [0.5, 0.6) is 11.5 Å². The lowest BCUT2D eigenvalue weighted by atomic mass is 9.78. The van der Waals surface area contributed by atoms with E-state index in [2.05, 4.69) is 48.2 Å². The fraction of sp³-hybridized carbons (Fsp3) is 0.143.